The SMILES string of the molecule is O=C(NCCC1=CCCCC1)c1ccc(CS(=O)Cc2cccc(Cl)c2)o1. The number of amides is 1. The van der Waals surface area contributed by atoms with Crippen LogP contribution in [0.4, 0.5) is 0 Å². The second-order valence-electron chi connectivity index (χ2n) is 6.74. The molecule has 1 heterocycles. The van der Waals surface area contributed by atoms with Crippen LogP contribution < -0.4 is 5.32 Å². The van der Waals surface area contributed by atoms with Gasteiger partial charge in [0.15, 0.2) is 5.76 Å². The molecule has 2 aromatic rings. The van der Waals surface area contributed by atoms with Gasteiger partial charge in [0, 0.05) is 28.1 Å². The van der Waals surface area contributed by atoms with Crippen molar-refractivity contribution in [2.24, 2.45) is 0 Å². The van der Waals surface area contributed by atoms with Crippen molar-refractivity contribution in [3.05, 3.63) is 70.2 Å². The molecule has 1 N–H and O–H groups in total. The van der Waals surface area contributed by atoms with Gasteiger partial charge in [-0.15, -0.1) is 0 Å². The zero-order valence-corrected chi connectivity index (χ0v) is 16.8. The Labute approximate surface area is 167 Å². The van der Waals surface area contributed by atoms with Gasteiger partial charge in [-0.3, -0.25) is 9.00 Å². The van der Waals surface area contributed by atoms with Crippen molar-refractivity contribution in [2.75, 3.05) is 6.54 Å². The Kier molecular flexibility index (Phi) is 7.30. The van der Waals surface area contributed by atoms with E-state index < -0.39 is 10.8 Å². The molecule has 1 amide bonds. The highest BCUT2D eigenvalue weighted by molar-refractivity contribution is 7.83. The third-order valence-electron chi connectivity index (χ3n) is 4.52. The topological polar surface area (TPSA) is 59.3 Å². The lowest BCUT2D eigenvalue weighted by atomic mass is 9.97. The number of allylic oxidation sites excluding steroid dienone is 1. The summed E-state index contributed by atoms with van der Waals surface area (Å²) in [6.07, 6.45) is 7.98. The van der Waals surface area contributed by atoms with Crippen molar-refractivity contribution < 1.29 is 13.4 Å². The van der Waals surface area contributed by atoms with E-state index in [1.165, 1.54) is 18.4 Å². The Bertz CT molecular complexity index is 843. The summed E-state index contributed by atoms with van der Waals surface area (Å²) in [7, 11) is -1.13. The largest absolute Gasteiger partial charge is 0.455 e. The molecule has 0 aliphatic heterocycles. The van der Waals surface area contributed by atoms with Gasteiger partial charge in [0.2, 0.25) is 0 Å². The minimum atomic E-state index is -1.13. The van der Waals surface area contributed by atoms with Gasteiger partial charge < -0.3 is 9.73 Å². The molecule has 0 fully saturated rings. The van der Waals surface area contributed by atoms with E-state index in [4.69, 9.17) is 16.0 Å². The molecular formula is C21H24ClNO3S. The van der Waals surface area contributed by atoms with Crippen LogP contribution in [0.1, 0.15) is 54.0 Å². The lowest BCUT2D eigenvalue weighted by Crippen LogP contribution is -2.24. The van der Waals surface area contributed by atoms with E-state index in [0.717, 1.165) is 24.8 Å². The van der Waals surface area contributed by atoms with E-state index in [2.05, 4.69) is 11.4 Å². The number of hydrogen-bond acceptors (Lipinski definition) is 3. The van der Waals surface area contributed by atoms with Gasteiger partial charge >= 0.3 is 0 Å². The van der Waals surface area contributed by atoms with E-state index in [1.807, 2.05) is 18.2 Å². The second-order valence-corrected chi connectivity index (χ2v) is 8.63. The second kappa shape index (κ2) is 9.90. The Morgan fingerprint density at radius 2 is 2.07 bits per heavy atom. The molecule has 1 aliphatic carbocycles. The van der Waals surface area contributed by atoms with Gasteiger partial charge in [-0.05, 0) is 61.9 Å². The quantitative estimate of drug-likeness (QED) is 0.628. The number of nitrogens with one attached hydrogen (secondary N) is 1. The van der Waals surface area contributed by atoms with Crippen LogP contribution in [-0.4, -0.2) is 16.7 Å². The molecule has 1 aliphatic rings. The number of furan rings is 1. The van der Waals surface area contributed by atoms with Crippen LogP contribution in [-0.2, 0) is 22.3 Å². The molecule has 1 atom stereocenters. The first-order valence-electron chi connectivity index (χ1n) is 9.24. The van der Waals surface area contributed by atoms with Crippen molar-refractivity contribution in [2.45, 2.75) is 43.6 Å². The van der Waals surface area contributed by atoms with Crippen LogP contribution in [0.3, 0.4) is 0 Å². The van der Waals surface area contributed by atoms with Gasteiger partial charge in [0.25, 0.3) is 5.91 Å². The minimum absolute atomic E-state index is 0.224. The number of hydrogen-bond donors (Lipinski definition) is 1. The van der Waals surface area contributed by atoms with Crippen LogP contribution in [0.15, 0.2) is 52.5 Å². The summed E-state index contributed by atoms with van der Waals surface area (Å²) >= 11 is 5.95. The van der Waals surface area contributed by atoms with Crippen LogP contribution in [0, 0.1) is 0 Å². The smallest absolute Gasteiger partial charge is 0.287 e. The molecule has 1 unspecified atom stereocenters. The van der Waals surface area contributed by atoms with E-state index in [0.29, 0.717) is 23.1 Å². The molecule has 0 bridgehead atoms. The van der Waals surface area contributed by atoms with Crippen LogP contribution in [0.2, 0.25) is 5.02 Å². The third kappa shape index (κ3) is 6.36. The molecule has 1 aromatic heterocycles. The normalized spacial score (nSPS) is 15.2. The Morgan fingerprint density at radius 1 is 1.19 bits per heavy atom. The summed E-state index contributed by atoms with van der Waals surface area (Å²) in [5.41, 5.74) is 2.35. The lowest BCUT2D eigenvalue weighted by Gasteiger charge is -2.12. The molecule has 0 radical (unpaired) electrons. The average molecular weight is 406 g/mol. The number of benzene rings is 1. The maximum atomic E-state index is 12.3. The molecule has 0 saturated carbocycles. The fourth-order valence-corrected chi connectivity index (χ4v) is 4.49. The van der Waals surface area contributed by atoms with Crippen molar-refractivity contribution in [3.63, 3.8) is 0 Å². The van der Waals surface area contributed by atoms with Crippen molar-refractivity contribution in [3.8, 4) is 0 Å². The first-order valence-corrected chi connectivity index (χ1v) is 11.1. The van der Waals surface area contributed by atoms with E-state index in [-0.39, 0.29) is 17.4 Å². The predicted molar refractivity (Wildman–Crippen MR) is 109 cm³/mol. The molecule has 4 nitrogen and oxygen atoms in total. The van der Waals surface area contributed by atoms with Gasteiger partial charge in [0.1, 0.15) is 5.76 Å². The Morgan fingerprint density at radius 3 is 2.85 bits per heavy atom. The Balaban J connectivity index is 1.46. The molecule has 1 aromatic carbocycles. The molecule has 27 heavy (non-hydrogen) atoms. The monoisotopic (exact) mass is 405 g/mol. The van der Waals surface area contributed by atoms with Gasteiger partial charge in [0.05, 0.1) is 5.75 Å². The number of halogens is 1. The first kappa shape index (κ1) is 19.9. The first-order chi connectivity index (χ1) is 13.1. The molecular weight excluding hydrogens is 382 g/mol. The zero-order valence-electron chi connectivity index (χ0n) is 15.2. The van der Waals surface area contributed by atoms with Crippen LogP contribution >= 0.6 is 11.6 Å². The van der Waals surface area contributed by atoms with Crippen molar-refractivity contribution in [1.82, 2.24) is 5.32 Å². The molecule has 0 spiro atoms. The van der Waals surface area contributed by atoms with E-state index in [9.17, 15) is 9.00 Å². The standard InChI is InChI=1S/C21H24ClNO3S/c22-18-8-4-7-17(13-18)14-27(25)15-19-9-10-20(26-19)21(24)23-12-11-16-5-2-1-3-6-16/h4-5,7-10,13H,1-3,6,11-12,14-15H2,(H,23,24). The van der Waals surface area contributed by atoms with E-state index in [1.54, 1.807) is 18.2 Å². The van der Waals surface area contributed by atoms with Gasteiger partial charge in [-0.1, -0.05) is 35.4 Å². The highest BCUT2D eigenvalue weighted by Crippen LogP contribution is 2.19. The van der Waals surface area contributed by atoms with Crippen molar-refractivity contribution in [1.29, 1.82) is 0 Å². The summed E-state index contributed by atoms with van der Waals surface area (Å²) < 4.78 is 17.9. The summed E-state index contributed by atoms with van der Waals surface area (Å²) in [6, 6.07) is 10.7. The fourth-order valence-electron chi connectivity index (χ4n) is 3.16. The molecule has 144 valence electrons. The zero-order chi connectivity index (χ0) is 19.1. The molecule has 0 saturated heterocycles. The maximum Gasteiger partial charge on any atom is 0.287 e. The summed E-state index contributed by atoms with van der Waals surface area (Å²) in [4.78, 5) is 12.2. The lowest BCUT2D eigenvalue weighted by molar-refractivity contribution is 0.0925. The number of rotatable bonds is 8. The van der Waals surface area contributed by atoms with Crippen LogP contribution in [0.25, 0.3) is 0 Å². The van der Waals surface area contributed by atoms with Crippen LogP contribution in [0.5, 0.6) is 0 Å². The number of carbonyl (C=O) groups is 1. The average Bonchev–Trinajstić information content (AvgIpc) is 3.11. The summed E-state index contributed by atoms with van der Waals surface area (Å²) in [6.45, 7) is 0.612. The highest BCUT2D eigenvalue weighted by Gasteiger charge is 2.13. The third-order valence-corrected chi connectivity index (χ3v) is 6.02. The fraction of sp³-hybridized carbons (Fsp3) is 0.381. The summed E-state index contributed by atoms with van der Waals surface area (Å²) in [5.74, 6) is 1.26. The molecule has 3 rings (SSSR count). The maximum absolute atomic E-state index is 12.3. The minimum Gasteiger partial charge on any atom is -0.455 e. The Hall–Kier alpha value is -1.85. The van der Waals surface area contributed by atoms with Gasteiger partial charge in [-0.25, -0.2) is 0 Å². The number of carbonyl (C=O) groups excluding carboxylic acids is 1. The predicted octanol–water partition coefficient (Wildman–Crippen LogP) is 5.00. The van der Waals surface area contributed by atoms with Crippen molar-refractivity contribution >= 4 is 28.3 Å². The highest BCUT2D eigenvalue weighted by atomic mass is 35.5. The van der Waals surface area contributed by atoms with E-state index >= 15 is 0 Å². The van der Waals surface area contributed by atoms with Gasteiger partial charge in [-0.2, -0.15) is 0 Å². The molecule has 6 heteroatoms. The summed E-state index contributed by atoms with van der Waals surface area (Å²) in [5, 5.41) is 3.52.